The fraction of sp³-hybridized carbons (Fsp3) is 0.750. The van der Waals surface area contributed by atoms with Crippen molar-refractivity contribution in [2.24, 2.45) is 34.0 Å². The maximum atomic E-state index is 12.0. The minimum absolute atomic E-state index is 0.0167. The average molecular weight is 333 g/mol. The minimum atomic E-state index is -0.112. The van der Waals surface area contributed by atoms with Crippen molar-refractivity contribution in [3.63, 3.8) is 0 Å². The van der Waals surface area contributed by atoms with Crippen molar-refractivity contribution in [3.8, 4) is 0 Å². The summed E-state index contributed by atoms with van der Waals surface area (Å²) in [5.74, 6) is 1.97. The molecule has 0 aromatic carbocycles. The van der Waals surface area contributed by atoms with Crippen LogP contribution in [0.3, 0.4) is 0 Å². The molecule has 0 bridgehead atoms. The molecular formula is C20H25ClO2. The van der Waals surface area contributed by atoms with Gasteiger partial charge in [0.2, 0.25) is 0 Å². The molecule has 0 aliphatic heterocycles. The second kappa shape index (κ2) is 4.14. The lowest BCUT2D eigenvalue weighted by molar-refractivity contribution is -0.112. The fourth-order valence-corrected chi connectivity index (χ4v) is 7.85. The van der Waals surface area contributed by atoms with Crippen molar-refractivity contribution in [2.45, 2.75) is 58.5 Å². The summed E-state index contributed by atoms with van der Waals surface area (Å²) in [4.78, 5) is 12.0. The number of carbonyl (C=O) groups is 1. The van der Waals surface area contributed by atoms with Gasteiger partial charge in [0.05, 0.1) is 11.1 Å². The Morgan fingerprint density at radius 1 is 1.26 bits per heavy atom. The molecule has 3 heteroatoms. The van der Waals surface area contributed by atoms with E-state index in [1.54, 1.807) is 6.08 Å². The molecule has 7 atom stereocenters. The molecule has 23 heavy (non-hydrogen) atoms. The Morgan fingerprint density at radius 3 is 2.83 bits per heavy atom. The van der Waals surface area contributed by atoms with Gasteiger partial charge in [-0.25, -0.2) is 0 Å². The van der Waals surface area contributed by atoms with Crippen LogP contribution in [0.1, 0.15) is 52.4 Å². The van der Waals surface area contributed by atoms with E-state index in [2.05, 4.69) is 19.9 Å². The number of rotatable bonds is 0. The molecule has 4 saturated carbocycles. The van der Waals surface area contributed by atoms with Crippen LogP contribution < -0.4 is 0 Å². The first-order valence-corrected chi connectivity index (χ1v) is 9.53. The summed E-state index contributed by atoms with van der Waals surface area (Å²) < 4.78 is 0. The molecule has 5 aliphatic carbocycles. The Bertz CT molecular complexity index is 679. The van der Waals surface area contributed by atoms with Crippen molar-refractivity contribution in [3.05, 3.63) is 22.8 Å². The van der Waals surface area contributed by atoms with E-state index in [9.17, 15) is 9.90 Å². The van der Waals surface area contributed by atoms with Gasteiger partial charge in [-0.1, -0.05) is 31.5 Å². The lowest BCUT2D eigenvalue weighted by Gasteiger charge is -2.58. The number of hydrogen-bond acceptors (Lipinski definition) is 2. The zero-order chi connectivity index (χ0) is 16.2. The minimum Gasteiger partial charge on any atom is -0.393 e. The topological polar surface area (TPSA) is 37.3 Å². The van der Waals surface area contributed by atoms with E-state index in [0.717, 1.165) is 38.0 Å². The average Bonchev–Trinajstić information content (AvgIpc) is 3.17. The summed E-state index contributed by atoms with van der Waals surface area (Å²) >= 11 is 6.41. The zero-order valence-electron chi connectivity index (χ0n) is 13.9. The highest BCUT2D eigenvalue weighted by Crippen LogP contribution is 2.82. The number of hydrogen-bond donors (Lipinski definition) is 1. The molecule has 0 aromatic heterocycles. The third-order valence-electron chi connectivity index (χ3n) is 8.77. The summed E-state index contributed by atoms with van der Waals surface area (Å²) in [6.45, 7) is 4.65. The van der Waals surface area contributed by atoms with Gasteiger partial charge in [0.15, 0.2) is 5.78 Å². The maximum absolute atomic E-state index is 12.0. The van der Waals surface area contributed by atoms with E-state index in [1.807, 2.05) is 0 Å². The van der Waals surface area contributed by atoms with Gasteiger partial charge >= 0.3 is 0 Å². The second-order valence-electron chi connectivity index (χ2n) is 9.17. The number of allylic oxidation sites excluding steroid dienone is 4. The van der Waals surface area contributed by atoms with Crippen LogP contribution in [0.5, 0.6) is 0 Å². The monoisotopic (exact) mass is 332 g/mol. The van der Waals surface area contributed by atoms with Crippen LogP contribution in [0.4, 0.5) is 0 Å². The molecule has 0 heterocycles. The largest absolute Gasteiger partial charge is 0.393 e. The number of carbonyl (C=O) groups excluding carboxylic acids is 1. The smallest absolute Gasteiger partial charge is 0.196 e. The third kappa shape index (κ3) is 1.46. The number of halogens is 1. The SMILES string of the molecule is C[C@]12C=CC(=O)C(Cl)=C1CC[C@@H]1[C@@H]2CC[C@]2(C)[C@@H](O)C[C@H]3C[C@@]312. The van der Waals surface area contributed by atoms with Gasteiger partial charge in [0.1, 0.15) is 0 Å². The predicted octanol–water partition coefficient (Wildman–Crippen LogP) is 4.22. The van der Waals surface area contributed by atoms with Crippen LogP contribution in [0.25, 0.3) is 0 Å². The van der Waals surface area contributed by atoms with Gasteiger partial charge < -0.3 is 5.11 Å². The van der Waals surface area contributed by atoms with Gasteiger partial charge in [0.25, 0.3) is 0 Å². The number of aliphatic hydroxyl groups excluding tert-OH is 1. The molecule has 0 aromatic rings. The molecule has 5 rings (SSSR count). The molecule has 124 valence electrons. The molecule has 5 aliphatic rings. The van der Waals surface area contributed by atoms with Crippen LogP contribution in [0, 0.1) is 34.0 Å². The van der Waals surface area contributed by atoms with Crippen molar-refractivity contribution in [1.82, 2.24) is 0 Å². The first kappa shape index (κ1) is 14.7. The first-order valence-electron chi connectivity index (χ1n) is 9.15. The van der Waals surface area contributed by atoms with E-state index in [0.29, 0.717) is 22.3 Å². The van der Waals surface area contributed by atoms with Crippen molar-refractivity contribution in [1.29, 1.82) is 0 Å². The molecule has 0 saturated heterocycles. The van der Waals surface area contributed by atoms with Gasteiger partial charge in [0, 0.05) is 5.41 Å². The molecule has 2 nitrogen and oxygen atoms in total. The van der Waals surface area contributed by atoms with Crippen molar-refractivity contribution in [2.75, 3.05) is 0 Å². The van der Waals surface area contributed by atoms with E-state index in [4.69, 9.17) is 11.6 Å². The van der Waals surface area contributed by atoms with Crippen LogP contribution in [-0.4, -0.2) is 17.0 Å². The van der Waals surface area contributed by atoms with Gasteiger partial charge in [-0.2, -0.15) is 0 Å². The van der Waals surface area contributed by atoms with Crippen molar-refractivity contribution >= 4 is 17.4 Å². The Kier molecular flexibility index (Phi) is 2.65. The van der Waals surface area contributed by atoms with Gasteiger partial charge in [-0.05, 0) is 78.8 Å². The standard InChI is InChI=1S/C20H25ClO2/c1-18-7-6-15(22)17(21)14(18)4-3-13-12(18)5-8-19(2)16(23)9-11-10-20(11,13)19/h6-7,11-13,16,23H,3-5,8-10H2,1-2H3/t11-,12-,13+,16-,18+,19+,20+/m0/s1. The second-order valence-corrected chi connectivity index (χ2v) is 9.55. The van der Waals surface area contributed by atoms with E-state index < -0.39 is 0 Å². The van der Waals surface area contributed by atoms with E-state index >= 15 is 0 Å². The molecule has 4 fully saturated rings. The summed E-state index contributed by atoms with van der Waals surface area (Å²) in [7, 11) is 0. The molecular weight excluding hydrogens is 308 g/mol. The van der Waals surface area contributed by atoms with Gasteiger partial charge in [-0.3, -0.25) is 4.79 Å². The zero-order valence-corrected chi connectivity index (χ0v) is 14.7. The third-order valence-corrected chi connectivity index (χ3v) is 9.18. The Balaban J connectivity index is 1.60. The first-order chi connectivity index (χ1) is 10.8. The Labute approximate surface area is 143 Å². The fourth-order valence-electron chi connectivity index (χ4n) is 7.48. The molecule has 1 N–H and O–H groups in total. The predicted molar refractivity (Wildman–Crippen MR) is 89.9 cm³/mol. The molecule has 0 unspecified atom stereocenters. The normalized spacial score (nSPS) is 56.8. The highest BCUT2D eigenvalue weighted by atomic mass is 35.5. The summed E-state index contributed by atoms with van der Waals surface area (Å²) in [6, 6.07) is 0. The highest BCUT2D eigenvalue weighted by Gasteiger charge is 2.77. The summed E-state index contributed by atoms with van der Waals surface area (Å²) in [5.41, 5.74) is 1.62. The van der Waals surface area contributed by atoms with Gasteiger partial charge in [-0.15, -0.1) is 0 Å². The summed E-state index contributed by atoms with van der Waals surface area (Å²) in [5, 5.41) is 11.1. The maximum Gasteiger partial charge on any atom is 0.196 e. The number of ketones is 1. The molecule has 0 radical (unpaired) electrons. The molecule has 1 spiro atoms. The molecule has 0 amide bonds. The summed E-state index contributed by atoms with van der Waals surface area (Å²) in [6.07, 6.45) is 10.4. The van der Waals surface area contributed by atoms with Crippen molar-refractivity contribution < 1.29 is 9.90 Å². The van der Waals surface area contributed by atoms with E-state index in [-0.39, 0.29) is 22.7 Å². The highest BCUT2D eigenvalue weighted by molar-refractivity contribution is 6.45. The number of fused-ring (bicyclic) bond motifs is 3. The quantitative estimate of drug-likeness (QED) is 0.721. The van der Waals surface area contributed by atoms with Crippen LogP contribution in [0.2, 0.25) is 0 Å². The van der Waals surface area contributed by atoms with Crippen LogP contribution >= 0.6 is 11.6 Å². The van der Waals surface area contributed by atoms with Crippen LogP contribution in [-0.2, 0) is 4.79 Å². The number of aliphatic hydroxyl groups is 1. The van der Waals surface area contributed by atoms with E-state index in [1.165, 1.54) is 12.0 Å². The Hall–Kier alpha value is -0.600. The Morgan fingerprint density at radius 2 is 2.04 bits per heavy atom. The van der Waals surface area contributed by atoms with Crippen LogP contribution in [0.15, 0.2) is 22.8 Å². The lowest BCUT2D eigenvalue weighted by Crippen LogP contribution is -2.53. The lowest BCUT2D eigenvalue weighted by atomic mass is 9.46.